The van der Waals surface area contributed by atoms with E-state index in [4.69, 9.17) is 0 Å². The number of piperazine rings is 1. The van der Waals surface area contributed by atoms with Crippen LogP contribution in [0.25, 0.3) is 0 Å². The third-order valence-electron chi connectivity index (χ3n) is 13.0. The van der Waals surface area contributed by atoms with E-state index < -0.39 is 0 Å². The van der Waals surface area contributed by atoms with Crippen LogP contribution in [0.2, 0.25) is 0 Å². The minimum Gasteiger partial charge on any atom is -0.393 e. The second kappa shape index (κ2) is 10.1. The van der Waals surface area contributed by atoms with Crippen molar-refractivity contribution in [3.05, 3.63) is 12.3 Å². The van der Waals surface area contributed by atoms with E-state index in [1.54, 1.807) is 0 Å². The standard InChI is InChI=1S/C32H52N4O2/c1-22(5-10-30(38)36-19-17-35(18-20-36)29-13-16-33-34(29)4)26-8-9-27-25-7-6-23-21-24(37)11-14-31(23,2)28(25)12-15-32(26,27)3/h13,16,22-28,37H,5-12,14-15,17-21H2,1-4H3/t22-,23+,24+,25+,26-,27+,28+,31+,32-/m1/s1. The van der Waals surface area contributed by atoms with Crippen LogP contribution in [0.5, 0.6) is 0 Å². The van der Waals surface area contributed by atoms with Gasteiger partial charge in [-0.2, -0.15) is 5.10 Å². The van der Waals surface area contributed by atoms with Crippen LogP contribution in [0.3, 0.4) is 0 Å². The number of fused-ring (bicyclic) bond motifs is 5. The van der Waals surface area contributed by atoms with Crippen LogP contribution in [0.4, 0.5) is 5.82 Å². The maximum Gasteiger partial charge on any atom is 0.222 e. The van der Waals surface area contributed by atoms with Crippen molar-refractivity contribution in [3.63, 3.8) is 0 Å². The smallest absolute Gasteiger partial charge is 0.222 e. The van der Waals surface area contributed by atoms with E-state index in [1.165, 1.54) is 44.9 Å². The Labute approximate surface area is 230 Å². The van der Waals surface area contributed by atoms with Gasteiger partial charge in [0.1, 0.15) is 5.82 Å². The number of aromatic nitrogens is 2. The quantitative estimate of drug-likeness (QED) is 0.552. The molecule has 6 nitrogen and oxygen atoms in total. The van der Waals surface area contributed by atoms with Crippen molar-refractivity contribution >= 4 is 11.7 Å². The Morgan fingerprint density at radius 1 is 1.03 bits per heavy atom. The van der Waals surface area contributed by atoms with Crippen molar-refractivity contribution in [1.82, 2.24) is 14.7 Å². The topological polar surface area (TPSA) is 61.6 Å². The first kappa shape index (κ1) is 26.7. The molecule has 1 amide bonds. The van der Waals surface area contributed by atoms with Crippen molar-refractivity contribution in [2.24, 2.45) is 53.4 Å². The highest BCUT2D eigenvalue weighted by Crippen LogP contribution is 2.68. The summed E-state index contributed by atoms with van der Waals surface area (Å²) in [6.07, 6.45) is 15.1. The van der Waals surface area contributed by atoms with Gasteiger partial charge in [0.15, 0.2) is 0 Å². The molecular weight excluding hydrogens is 472 g/mol. The number of hydrogen-bond donors (Lipinski definition) is 1. The maximum absolute atomic E-state index is 13.2. The lowest BCUT2D eigenvalue weighted by atomic mass is 9.44. The Hall–Kier alpha value is -1.56. The Balaban J connectivity index is 1.03. The van der Waals surface area contributed by atoms with E-state index in [9.17, 15) is 9.90 Å². The van der Waals surface area contributed by atoms with E-state index >= 15 is 0 Å². The van der Waals surface area contributed by atoms with Gasteiger partial charge in [-0.15, -0.1) is 0 Å². The molecule has 2 heterocycles. The molecule has 1 aromatic heterocycles. The summed E-state index contributed by atoms with van der Waals surface area (Å²) in [6.45, 7) is 11.1. The number of anilines is 1. The summed E-state index contributed by atoms with van der Waals surface area (Å²) in [4.78, 5) is 17.6. The molecule has 9 atom stereocenters. The van der Waals surface area contributed by atoms with Crippen LogP contribution in [0, 0.1) is 46.3 Å². The second-order valence-electron chi connectivity index (χ2n) is 14.5. The minimum absolute atomic E-state index is 0.0530. The molecular formula is C32H52N4O2. The molecule has 4 aliphatic carbocycles. The van der Waals surface area contributed by atoms with E-state index in [-0.39, 0.29) is 6.10 Å². The average Bonchev–Trinajstić information content (AvgIpc) is 3.50. The Bertz CT molecular complexity index is 1000. The lowest BCUT2D eigenvalue weighted by Gasteiger charge is -2.61. The van der Waals surface area contributed by atoms with E-state index in [2.05, 4.69) is 41.7 Å². The molecule has 1 N–H and O–H groups in total. The number of nitrogens with zero attached hydrogens (tertiary/aromatic N) is 4. The number of amides is 1. The fraction of sp³-hybridized carbons (Fsp3) is 0.875. The number of hydrogen-bond acceptors (Lipinski definition) is 4. The molecule has 6 heteroatoms. The molecule has 0 unspecified atom stereocenters. The molecule has 6 rings (SSSR count). The summed E-state index contributed by atoms with van der Waals surface area (Å²) in [5.41, 5.74) is 0.913. The highest BCUT2D eigenvalue weighted by atomic mass is 16.3. The monoisotopic (exact) mass is 524 g/mol. The van der Waals surface area contributed by atoms with Crippen LogP contribution >= 0.6 is 0 Å². The zero-order valence-corrected chi connectivity index (χ0v) is 24.4. The number of rotatable bonds is 5. The van der Waals surface area contributed by atoms with Crippen LogP contribution in [0.15, 0.2) is 12.3 Å². The fourth-order valence-electron chi connectivity index (χ4n) is 10.8. The Kier molecular flexibility index (Phi) is 7.10. The number of aliphatic hydroxyl groups excluding tert-OH is 1. The fourth-order valence-corrected chi connectivity index (χ4v) is 10.8. The number of aliphatic hydroxyl groups is 1. The first-order valence-corrected chi connectivity index (χ1v) is 15.9. The zero-order chi connectivity index (χ0) is 26.7. The van der Waals surface area contributed by atoms with Crippen molar-refractivity contribution in [1.29, 1.82) is 0 Å². The summed E-state index contributed by atoms with van der Waals surface area (Å²) < 4.78 is 1.92. The van der Waals surface area contributed by atoms with Gasteiger partial charge in [-0.25, -0.2) is 0 Å². The van der Waals surface area contributed by atoms with Crippen LogP contribution < -0.4 is 4.90 Å². The number of aryl methyl sites for hydroxylation is 1. The maximum atomic E-state index is 13.2. The van der Waals surface area contributed by atoms with Crippen molar-refractivity contribution in [2.45, 2.75) is 97.5 Å². The van der Waals surface area contributed by atoms with Gasteiger partial charge in [-0.05, 0) is 111 Å². The third-order valence-corrected chi connectivity index (χ3v) is 13.0. The second-order valence-corrected chi connectivity index (χ2v) is 14.5. The van der Waals surface area contributed by atoms with Crippen molar-refractivity contribution < 1.29 is 9.90 Å². The van der Waals surface area contributed by atoms with Crippen molar-refractivity contribution in [2.75, 3.05) is 31.1 Å². The first-order chi connectivity index (χ1) is 18.2. The van der Waals surface area contributed by atoms with Crippen molar-refractivity contribution in [3.8, 4) is 0 Å². The van der Waals surface area contributed by atoms with E-state index in [1.807, 2.05) is 17.9 Å². The number of carbonyl (C=O) groups is 1. The summed E-state index contributed by atoms with van der Waals surface area (Å²) in [5, 5.41) is 14.6. The number of carbonyl (C=O) groups excluding carboxylic acids is 1. The van der Waals surface area contributed by atoms with Gasteiger partial charge in [0.2, 0.25) is 5.91 Å². The SMILES string of the molecule is C[C@H](CCC(=O)N1CCN(c2ccnn2C)CC1)[C@H]1CC[C@H]2[C@@H]3CC[C@H]4C[C@@H](O)CC[C@]4(C)[C@H]3CC[C@]12C. The summed E-state index contributed by atoms with van der Waals surface area (Å²) in [6, 6.07) is 2.06. The minimum atomic E-state index is -0.0530. The summed E-state index contributed by atoms with van der Waals surface area (Å²) in [5.74, 6) is 6.26. The molecule has 5 aliphatic rings. The van der Waals surface area contributed by atoms with Gasteiger partial charge in [-0.1, -0.05) is 20.8 Å². The predicted octanol–water partition coefficient (Wildman–Crippen LogP) is 5.50. The molecule has 0 aromatic carbocycles. The molecule has 0 spiro atoms. The highest BCUT2D eigenvalue weighted by molar-refractivity contribution is 5.76. The lowest BCUT2D eigenvalue weighted by Crippen LogP contribution is -2.54. The zero-order valence-electron chi connectivity index (χ0n) is 24.4. The van der Waals surface area contributed by atoms with E-state index in [0.29, 0.717) is 29.1 Å². The Morgan fingerprint density at radius 3 is 2.50 bits per heavy atom. The first-order valence-electron chi connectivity index (χ1n) is 15.9. The van der Waals surface area contributed by atoms with Gasteiger partial charge in [-0.3, -0.25) is 9.48 Å². The predicted molar refractivity (Wildman–Crippen MR) is 152 cm³/mol. The van der Waals surface area contributed by atoms with E-state index in [0.717, 1.165) is 80.8 Å². The third kappa shape index (κ3) is 4.41. The molecule has 5 fully saturated rings. The molecule has 4 saturated carbocycles. The highest BCUT2D eigenvalue weighted by Gasteiger charge is 2.60. The molecule has 0 bridgehead atoms. The van der Waals surface area contributed by atoms with Gasteiger partial charge in [0, 0.05) is 45.7 Å². The average molecular weight is 525 g/mol. The molecule has 212 valence electrons. The van der Waals surface area contributed by atoms with Gasteiger partial charge in [0.25, 0.3) is 0 Å². The lowest BCUT2D eigenvalue weighted by molar-refractivity contribution is -0.133. The molecule has 1 saturated heterocycles. The summed E-state index contributed by atoms with van der Waals surface area (Å²) in [7, 11) is 1.99. The van der Waals surface area contributed by atoms with Gasteiger partial charge in [0.05, 0.1) is 12.3 Å². The normalized spacial score (nSPS) is 41.8. The van der Waals surface area contributed by atoms with Crippen LogP contribution in [-0.4, -0.2) is 58.0 Å². The molecule has 1 aliphatic heterocycles. The van der Waals surface area contributed by atoms with Crippen LogP contribution in [-0.2, 0) is 11.8 Å². The Morgan fingerprint density at radius 2 is 1.76 bits per heavy atom. The van der Waals surface area contributed by atoms with Gasteiger partial charge >= 0.3 is 0 Å². The summed E-state index contributed by atoms with van der Waals surface area (Å²) >= 11 is 0. The molecule has 0 radical (unpaired) electrons. The van der Waals surface area contributed by atoms with Gasteiger partial charge < -0.3 is 14.9 Å². The molecule has 38 heavy (non-hydrogen) atoms. The largest absolute Gasteiger partial charge is 0.393 e. The molecule has 1 aromatic rings. The van der Waals surface area contributed by atoms with Crippen LogP contribution in [0.1, 0.15) is 91.4 Å².